The first-order valence-electron chi connectivity index (χ1n) is 7.35. The summed E-state index contributed by atoms with van der Waals surface area (Å²) in [5, 5.41) is 0. The van der Waals surface area contributed by atoms with E-state index in [1.807, 2.05) is 31.2 Å². The van der Waals surface area contributed by atoms with Crippen LogP contribution in [-0.4, -0.2) is 0 Å². The molecule has 4 nitrogen and oxygen atoms in total. The summed E-state index contributed by atoms with van der Waals surface area (Å²) in [7, 11) is -3.72. The molecule has 0 heterocycles. The molecule has 0 aliphatic rings. The molecule has 0 saturated carbocycles. The van der Waals surface area contributed by atoms with Gasteiger partial charge in [0.25, 0.3) is 0 Å². The van der Waals surface area contributed by atoms with Gasteiger partial charge in [0.15, 0.2) is 0 Å². The lowest BCUT2D eigenvalue weighted by molar-refractivity contribution is 0.325. The van der Waals surface area contributed by atoms with Gasteiger partial charge in [0.05, 0.1) is 0 Å². The Morgan fingerprint density at radius 3 is 1.87 bits per heavy atom. The standard InChI is InChI=1S/C17H20IO4P/c1-13(2)12-15-6-10-17(11-7-15)21-23(19,22-18)20-16-8-4-14(3)5-9-16/h4-11,13H,12H2,1-3H3. The molecular weight excluding hydrogens is 426 g/mol. The Kier molecular flexibility index (Phi) is 6.50. The highest BCUT2D eigenvalue weighted by Crippen LogP contribution is 2.51. The highest BCUT2D eigenvalue weighted by atomic mass is 127. The Morgan fingerprint density at radius 1 is 0.957 bits per heavy atom. The molecule has 0 bridgehead atoms. The van der Waals surface area contributed by atoms with Crippen LogP contribution in [0, 0.1) is 12.8 Å². The van der Waals surface area contributed by atoms with Gasteiger partial charge >= 0.3 is 7.82 Å². The van der Waals surface area contributed by atoms with E-state index in [0.29, 0.717) is 17.4 Å². The van der Waals surface area contributed by atoms with Crippen LogP contribution in [0.2, 0.25) is 0 Å². The van der Waals surface area contributed by atoms with Crippen molar-refractivity contribution in [1.82, 2.24) is 0 Å². The maximum absolute atomic E-state index is 12.6. The second kappa shape index (κ2) is 8.18. The average molecular weight is 446 g/mol. The molecule has 0 aromatic heterocycles. The predicted octanol–water partition coefficient (Wildman–Crippen LogP) is 6.13. The minimum atomic E-state index is -3.72. The molecule has 2 aromatic carbocycles. The fourth-order valence-corrected chi connectivity index (χ4v) is 3.40. The van der Waals surface area contributed by atoms with Gasteiger partial charge in [-0.3, -0.25) is 0 Å². The summed E-state index contributed by atoms with van der Waals surface area (Å²) in [6.07, 6.45) is 0.987. The lowest BCUT2D eigenvalue weighted by Gasteiger charge is -2.16. The van der Waals surface area contributed by atoms with Crippen molar-refractivity contribution in [3.8, 4) is 11.5 Å². The molecule has 0 amide bonds. The lowest BCUT2D eigenvalue weighted by atomic mass is 10.0. The fraction of sp³-hybridized carbons (Fsp3) is 0.294. The SMILES string of the molecule is Cc1ccc(OP(=O)(OI)Oc2ccc(CC(C)C)cc2)cc1. The average Bonchev–Trinajstić information content (AvgIpc) is 2.51. The fourth-order valence-electron chi connectivity index (χ4n) is 2.06. The molecule has 0 fully saturated rings. The van der Waals surface area contributed by atoms with E-state index in [1.54, 1.807) is 24.3 Å². The lowest BCUT2D eigenvalue weighted by Crippen LogP contribution is -2.01. The van der Waals surface area contributed by atoms with E-state index in [0.717, 1.165) is 12.0 Å². The molecule has 0 saturated heterocycles. The minimum absolute atomic E-state index is 0.437. The summed E-state index contributed by atoms with van der Waals surface area (Å²) in [5.41, 5.74) is 2.29. The van der Waals surface area contributed by atoms with Gasteiger partial charge in [0.1, 0.15) is 34.5 Å². The van der Waals surface area contributed by atoms with E-state index >= 15 is 0 Å². The Hall–Kier alpha value is -1.04. The Labute approximate surface area is 151 Å². The maximum atomic E-state index is 12.6. The number of halogens is 1. The number of benzene rings is 2. The highest BCUT2D eigenvalue weighted by molar-refractivity contribution is 14.1. The van der Waals surface area contributed by atoms with Crippen LogP contribution in [0.3, 0.4) is 0 Å². The number of hydrogen-bond donors (Lipinski definition) is 0. The Balaban J connectivity index is 2.08. The molecule has 0 radical (unpaired) electrons. The van der Waals surface area contributed by atoms with Crippen molar-refractivity contribution in [3.63, 3.8) is 0 Å². The van der Waals surface area contributed by atoms with Crippen molar-refractivity contribution < 1.29 is 16.5 Å². The van der Waals surface area contributed by atoms with Gasteiger partial charge in [-0.1, -0.05) is 43.7 Å². The quantitative estimate of drug-likeness (QED) is 0.380. The molecule has 0 N–H and O–H groups in total. The van der Waals surface area contributed by atoms with E-state index < -0.39 is 7.82 Å². The second-order valence-corrected chi connectivity index (χ2v) is 8.33. The summed E-state index contributed by atoms with van der Waals surface area (Å²) >= 11 is 1.54. The maximum Gasteiger partial charge on any atom is 0.597 e. The van der Waals surface area contributed by atoms with Gasteiger partial charge in [0.2, 0.25) is 0 Å². The van der Waals surface area contributed by atoms with E-state index in [2.05, 4.69) is 13.8 Å². The van der Waals surface area contributed by atoms with Crippen LogP contribution < -0.4 is 9.05 Å². The first-order valence-corrected chi connectivity index (χ1v) is 9.69. The van der Waals surface area contributed by atoms with Crippen molar-refractivity contribution in [1.29, 1.82) is 0 Å². The first-order chi connectivity index (χ1) is 10.9. The minimum Gasteiger partial charge on any atom is -0.395 e. The van der Waals surface area contributed by atoms with Gasteiger partial charge in [-0.05, 0) is 49.1 Å². The third-order valence-electron chi connectivity index (χ3n) is 3.11. The third kappa shape index (κ3) is 5.83. The van der Waals surface area contributed by atoms with Gasteiger partial charge in [0, 0.05) is 0 Å². The zero-order valence-corrected chi connectivity index (χ0v) is 16.4. The smallest absolute Gasteiger partial charge is 0.395 e. The van der Waals surface area contributed by atoms with Crippen molar-refractivity contribution in [2.24, 2.45) is 5.92 Å². The normalized spacial score (nSPS) is 13.6. The Morgan fingerprint density at radius 2 is 1.43 bits per heavy atom. The molecule has 1 unspecified atom stereocenters. The first kappa shape index (κ1) is 18.3. The molecular formula is C17H20IO4P. The predicted molar refractivity (Wildman–Crippen MR) is 100 cm³/mol. The van der Waals surface area contributed by atoms with Crippen LogP contribution in [0.4, 0.5) is 0 Å². The zero-order valence-electron chi connectivity index (χ0n) is 13.4. The molecule has 1 atom stereocenters. The van der Waals surface area contributed by atoms with Crippen LogP contribution in [0.5, 0.6) is 11.5 Å². The monoisotopic (exact) mass is 446 g/mol. The summed E-state index contributed by atoms with van der Waals surface area (Å²) in [6, 6.07) is 14.7. The molecule has 23 heavy (non-hydrogen) atoms. The van der Waals surface area contributed by atoms with Crippen LogP contribution in [0.25, 0.3) is 0 Å². The van der Waals surface area contributed by atoms with Crippen LogP contribution in [0.15, 0.2) is 48.5 Å². The number of phosphoric ester groups is 1. The van der Waals surface area contributed by atoms with Crippen LogP contribution in [0.1, 0.15) is 25.0 Å². The molecule has 2 aromatic rings. The van der Waals surface area contributed by atoms with Crippen molar-refractivity contribution in [2.75, 3.05) is 0 Å². The van der Waals surface area contributed by atoms with Gasteiger partial charge in [-0.15, -0.1) is 0 Å². The van der Waals surface area contributed by atoms with E-state index in [-0.39, 0.29) is 0 Å². The van der Waals surface area contributed by atoms with Gasteiger partial charge in [-0.25, -0.2) is 4.57 Å². The van der Waals surface area contributed by atoms with Crippen molar-refractivity contribution >= 4 is 30.8 Å². The molecule has 0 spiro atoms. The summed E-state index contributed by atoms with van der Waals surface area (Å²) in [5.74, 6) is 1.46. The summed E-state index contributed by atoms with van der Waals surface area (Å²) in [4.78, 5) is 0. The van der Waals surface area contributed by atoms with Crippen molar-refractivity contribution in [3.05, 3.63) is 59.7 Å². The highest BCUT2D eigenvalue weighted by Gasteiger charge is 2.30. The topological polar surface area (TPSA) is 44.8 Å². The second-order valence-electron chi connectivity index (χ2n) is 5.75. The third-order valence-corrected chi connectivity index (χ3v) is 5.59. The van der Waals surface area contributed by atoms with Gasteiger partial charge in [-0.2, -0.15) is 2.85 Å². The molecule has 2 rings (SSSR count). The molecule has 0 aliphatic heterocycles. The molecule has 6 heteroatoms. The van der Waals surface area contributed by atoms with Crippen LogP contribution >= 0.6 is 30.8 Å². The molecule has 0 aliphatic carbocycles. The number of aryl methyl sites for hydroxylation is 1. The zero-order chi connectivity index (χ0) is 16.9. The number of hydrogen-bond acceptors (Lipinski definition) is 4. The van der Waals surface area contributed by atoms with Gasteiger partial charge < -0.3 is 9.05 Å². The van der Waals surface area contributed by atoms with Crippen molar-refractivity contribution in [2.45, 2.75) is 27.2 Å². The van der Waals surface area contributed by atoms with E-state index in [1.165, 1.54) is 28.6 Å². The van der Waals surface area contributed by atoms with Crippen LogP contribution in [-0.2, 0) is 13.8 Å². The number of rotatable bonds is 7. The van der Waals surface area contributed by atoms with E-state index in [9.17, 15) is 4.57 Å². The largest absolute Gasteiger partial charge is 0.597 e. The molecule has 124 valence electrons. The number of phosphoric acid groups is 1. The summed E-state index contributed by atoms with van der Waals surface area (Å²) < 4.78 is 28.4. The van der Waals surface area contributed by atoms with E-state index in [4.69, 9.17) is 11.9 Å². The Bertz CT molecular complexity index is 668. The summed E-state index contributed by atoms with van der Waals surface area (Å²) in [6.45, 7) is 6.29.